The number of hydrogen-bond acceptors (Lipinski definition) is 3. The van der Waals surface area contributed by atoms with E-state index in [1.54, 1.807) is 6.92 Å². The van der Waals surface area contributed by atoms with E-state index < -0.39 is 54.6 Å². The van der Waals surface area contributed by atoms with Crippen molar-refractivity contribution < 1.29 is 43.5 Å². The van der Waals surface area contributed by atoms with E-state index >= 15 is 0 Å². The van der Waals surface area contributed by atoms with Gasteiger partial charge in [0.15, 0.2) is 0 Å². The van der Waals surface area contributed by atoms with Gasteiger partial charge < -0.3 is 0 Å². The summed E-state index contributed by atoms with van der Waals surface area (Å²) >= 11 is -4.29. The van der Waals surface area contributed by atoms with Crippen LogP contribution < -0.4 is 0 Å². The summed E-state index contributed by atoms with van der Waals surface area (Å²) in [6, 6.07) is 4.43. The predicted octanol–water partition coefficient (Wildman–Crippen LogP) is 7.60. The molecular weight excluding hydrogens is 583 g/mol. The third-order valence-electron chi connectivity index (χ3n) is 3.62. The van der Waals surface area contributed by atoms with Crippen molar-refractivity contribution in [2.24, 2.45) is 0 Å². The minimum absolute atomic E-state index is 0.0306. The van der Waals surface area contributed by atoms with E-state index in [0.29, 0.717) is 11.6 Å². The van der Waals surface area contributed by atoms with Gasteiger partial charge in [-0.05, 0) is 0 Å². The second-order valence-electron chi connectivity index (χ2n) is 6.35. The second-order valence-corrected chi connectivity index (χ2v) is 15.1. The third kappa shape index (κ3) is 5.56. The normalized spacial score (nSPS) is 16.0. The number of benzene rings is 2. The van der Waals surface area contributed by atoms with Crippen molar-refractivity contribution in [1.29, 1.82) is 0 Å². The van der Waals surface area contributed by atoms with Gasteiger partial charge in [0.1, 0.15) is 0 Å². The summed E-state index contributed by atoms with van der Waals surface area (Å²) in [6.07, 6.45) is 0. The molecule has 0 aliphatic rings. The molecule has 0 bridgehead atoms. The first-order valence-corrected chi connectivity index (χ1v) is 14.2. The molecule has 0 aliphatic heterocycles. The van der Waals surface area contributed by atoms with E-state index in [4.69, 9.17) is 0 Å². The average molecular weight is 598 g/mol. The number of aryl methyl sites for hydroxylation is 3. The van der Waals surface area contributed by atoms with E-state index in [1.807, 2.05) is 0 Å². The Kier molecular flexibility index (Phi) is 5.81. The van der Waals surface area contributed by atoms with E-state index in [0.717, 1.165) is 6.07 Å². The first-order chi connectivity index (χ1) is 13.1. The molecule has 0 heterocycles. The second kappa shape index (κ2) is 6.93. The van der Waals surface area contributed by atoms with Crippen molar-refractivity contribution in [3.63, 3.8) is 0 Å². The molecule has 2 rings (SSSR count). The summed E-state index contributed by atoms with van der Waals surface area (Å²) < 4.78 is 132. The van der Waals surface area contributed by atoms with Crippen LogP contribution in [0.15, 0.2) is 41.3 Å². The Labute approximate surface area is 175 Å². The first kappa shape index (κ1) is 25.1. The molecule has 30 heavy (non-hydrogen) atoms. The maximum absolute atomic E-state index is 13.2. The fraction of sp³-hybridized carbons (Fsp3) is 0.250. The zero-order valence-corrected chi connectivity index (χ0v) is 19.2. The Morgan fingerprint density at radius 2 is 1.40 bits per heavy atom. The van der Waals surface area contributed by atoms with E-state index in [1.165, 1.54) is 26.0 Å². The molecule has 2 aromatic carbocycles. The SMILES string of the molecule is Cc1cc(C)c(I(OS(=O)(=O)C(F)(F)F)c2cccc(S(F)(F)(F)(F)F)c2)c(C)c1. The van der Waals surface area contributed by atoms with E-state index in [-0.39, 0.29) is 26.8 Å². The van der Waals surface area contributed by atoms with Crippen LogP contribution >= 0.6 is 30.5 Å². The molecule has 2 aromatic rings. The summed E-state index contributed by atoms with van der Waals surface area (Å²) in [6.45, 7) is 4.47. The topological polar surface area (TPSA) is 43.4 Å². The van der Waals surface area contributed by atoms with E-state index in [9.17, 15) is 41.0 Å². The van der Waals surface area contributed by atoms with Gasteiger partial charge in [0.2, 0.25) is 0 Å². The molecule has 0 fully saturated rings. The zero-order valence-electron chi connectivity index (χ0n) is 15.4. The Morgan fingerprint density at radius 1 is 0.900 bits per heavy atom. The molecule has 0 atom stereocenters. The summed E-state index contributed by atoms with van der Waals surface area (Å²) in [5, 5.41) is 0. The van der Waals surface area contributed by atoms with Crippen LogP contribution in [0.3, 0.4) is 0 Å². The predicted molar refractivity (Wildman–Crippen MR) is 106 cm³/mol. The molecule has 3 nitrogen and oxygen atoms in total. The molecule has 14 heteroatoms. The van der Waals surface area contributed by atoms with Crippen LogP contribution in [0.4, 0.5) is 32.6 Å². The van der Waals surface area contributed by atoms with Crippen molar-refractivity contribution in [1.82, 2.24) is 0 Å². The Bertz CT molecular complexity index is 1070. The van der Waals surface area contributed by atoms with Gasteiger partial charge in [0.25, 0.3) is 0 Å². The quantitative estimate of drug-likeness (QED) is 0.202. The van der Waals surface area contributed by atoms with Crippen LogP contribution in [0.1, 0.15) is 16.7 Å². The maximum atomic E-state index is 13.2. The number of alkyl halides is 3. The molecule has 172 valence electrons. The van der Waals surface area contributed by atoms with E-state index in [2.05, 4.69) is 2.51 Å². The summed E-state index contributed by atoms with van der Waals surface area (Å²) in [5.74, 6) is 0. The molecule has 0 saturated heterocycles. The molecule has 0 aliphatic carbocycles. The molecule has 0 aromatic heterocycles. The molecule has 0 unspecified atom stereocenters. The minimum atomic E-state index is -10.2. The van der Waals surface area contributed by atoms with Gasteiger partial charge in [-0.3, -0.25) is 0 Å². The molecule has 0 radical (unpaired) electrons. The van der Waals surface area contributed by atoms with Crippen LogP contribution in [0, 0.1) is 27.9 Å². The standard InChI is InChI=1S/C16H15F8IO3S2/c1-10-7-11(2)15(12(3)8-10)25(28-29(26,27)16(17,18)19)13-5-4-6-14(9-13)30(20,21,22,23)24/h4-9H,1-3H3. The van der Waals surface area contributed by atoms with Gasteiger partial charge in [-0.1, -0.05) is 0 Å². The Hall–Kier alpha value is -1.13. The zero-order chi connectivity index (χ0) is 23.4. The van der Waals surface area contributed by atoms with Crippen molar-refractivity contribution >= 4 is 40.6 Å². The van der Waals surface area contributed by atoms with Crippen molar-refractivity contribution in [2.45, 2.75) is 31.2 Å². The van der Waals surface area contributed by atoms with Crippen LogP contribution in [-0.4, -0.2) is 13.9 Å². The molecular formula is C16H15F8IO3S2. The fourth-order valence-corrected chi connectivity index (χ4v) is 10.6. The fourth-order valence-electron chi connectivity index (χ4n) is 2.54. The van der Waals surface area contributed by atoms with Gasteiger partial charge in [-0.2, -0.15) is 0 Å². The van der Waals surface area contributed by atoms with Crippen LogP contribution in [0.5, 0.6) is 0 Å². The molecule has 0 amide bonds. The Balaban J connectivity index is 2.80. The Morgan fingerprint density at radius 3 is 1.83 bits per heavy atom. The van der Waals surface area contributed by atoms with Crippen LogP contribution in [-0.2, 0) is 12.6 Å². The number of rotatable bonds is 5. The molecule has 0 N–H and O–H groups in total. The van der Waals surface area contributed by atoms with Gasteiger partial charge in [0, 0.05) is 0 Å². The van der Waals surface area contributed by atoms with Crippen molar-refractivity contribution in [3.8, 4) is 0 Å². The van der Waals surface area contributed by atoms with Gasteiger partial charge in [-0.15, -0.1) is 0 Å². The summed E-state index contributed by atoms with van der Waals surface area (Å²) in [4.78, 5) is -2.34. The first-order valence-electron chi connectivity index (χ1n) is 7.76. The van der Waals surface area contributed by atoms with Crippen LogP contribution in [0.25, 0.3) is 0 Å². The number of halogens is 9. The monoisotopic (exact) mass is 598 g/mol. The van der Waals surface area contributed by atoms with Gasteiger partial charge in [0.05, 0.1) is 0 Å². The van der Waals surface area contributed by atoms with Gasteiger partial charge in [-0.25, -0.2) is 0 Å². The van der Waals surface area contributed by atoms with Crippen LogP contribution in [0.2, 0.25) is 0 Å². The van der Waals surface area contributed by atoms with Crippen molar-refractivity contribution in [3.05, 3.63) is 60.2 Å². The average Bonchev–Trinajstić information content (AvgIpc) is 2.49. The van der Waals surface area contributed by atoms with Gasteiger partial charge >= 0.3 is 176 Å². The molecule has 0 saturated carbocycles. The molecule has 0 spiro atoms. The van der Waals surface area contributed by atoms with Crippen molar-refractivity contribution in [2.75, 3.05) is 0 Å². The summed E-state index contributed by atoms with van der Waals surface area (Å²) in [5.41, 5.74) is -4.64. The summed E-state index contributed by atoms with van der Waals surface area (Å²) in [7, 11) is -16.4. The number of hydrogen-bond donors (Lipinski definition) is 0. The third-order valence-corrected chi connectivity index (χ3v) is 12.6.